The molecular weight excluding hydrogens is 288 g/mol. The van der Waals surface area contributed by atoms with Gasteiger partial charge in [-0.3, -0.25) is 9.48 Å². The summed E-state index contributed by atoms with van der Waals surface area (Å²) in [6.07, 6.45) is 3.79. The minimum Gasteiger partial charge on any atom is -0.368 e. The molecule has 1 aromatic rings. The summed E-state index contributed by atoms with van der Waals surface area (Å²) in [5, 5.41) is 8.53. The second-order valence-corrected chi connectivity index (χ2v) is 6.33. The number of amides is 1. The molecule has 1 aliphatic carbocycles. The first-order chi connectivity index (χ1) is 9.92. The maximum Gasteiger partial charge on any atom is 0.238 e. The van der Waals surface area contributed by atoms with E-state index in [0.717, 1.165) is 55.2 Å². The molecule has 2 rings (SSSR count). The third-order valence-electron chi connectivity index (χ3n) is 4.74. The Morgan fingerprint density at radius 1 is 1.57 bits per heavy atom. The summed E-state index contributed by atoms with van der Waals surface area (Å²) in [4.78, 5) is 12.0. The highest BCUT2D eigenvalue weighted by molar-refractivity contribution is 6.31. The molecular formula is C15H25ClN4O. The van der Waals surface area contributed by atoms with Crippen LogP contribution in [0.15, 0.2) is 0 Å². The van der Waals surface area contributed by atoms with Crippen LogP contribution in [0.3, 0.4) is 0 Å². The van der Waals surface area contributed by atoms with Gasteiger partial charge < -0.3 is 11.1 Å². The SMILES string of the molecule is CCNC1(C(N)=O)CCCC1CCn1nc(C)c(Cl)c1C. The van der Waals surface area contributed by atoms with Crippen molar-refractivity contribution in [2.24, 2.45) is 11.7 Å². The van der Waals surface area contributed by atoms with Gasteiger partial charge in [0.1, 0.15) is 5.54 Å². The standard InChI is InChI=1S/C15H25ClN4O/c1-4-18-15(14(17)21)8-5-6-12(15)7-9-20-11(3)13(16)10(2)19-20/h12,18H,4-9H2,1-3H3,(H2,17,21). The summed E-state index contributed by atoms with van der Waals surface area (Å²) in [5.74, 6) is 0.0379. The van der Waals surface area contributed by atoms with E-state index >= 15 is 0 Å². The van der Waals surface area contributed by atoms with E-state index in [2.05, 4.69) is 10.4 Å². The monoisotopic (exact) mass is 312 g/mol. The van der Waals surface area contributed by atoms with Gasteiger partial charge in [-0.1, -0.05) is 24.9 Å². The van der Waals surface area contributed by atoms with Gasteiger partial charge in [0.05, 0.1) is 16.4 Å². The lowest BCUT2D eigenvalue weighted by molar-refractivity contribution is -0.126. The number of aryl methyl sites for hydroxylation is 2. The Balaban J connectivity index is 2.11. The van der Waals surface area contributed by atoms with Crippen LogP contribution >= 0.6 is 11.6 Å². The number of hydrogen-bond acceptors (Lipinski definition) is 3. The lowest BCUT2D eigenvalue weighted by Crippen LogP contribution is -2.58. The average Bonchev–Trinajstić information content (AvgIpc) is 2.95. The highest BCUT2D eigenvalue weighted by Gasteiger charge is 2.46. The average molecular weight is 313 g/mol. The maximum absolute atomic E-state index is 12.0. The van der Waals surface area contributed by atoms with E-state index in [4.69, 9.17) is 17.3 Å². The van der Waals surface area contributed by atoms with Crippen molar-refractivity contribution >= 4 is 17.5 Å². The largest absolute Gasteiger partial charge is 0.368 e. The number of carbonyl (C=O) groups is 1. The molecule has 0 saturated heterocycles. The Hall–Kier alpha value is -1.07. The molecule has 1 aliphatic rings. The Morgan fingerprint density at radius 3 is 2.81 bits per heavy atom. The Labute approximate surface area is 131 Å². The zero-order valence-corrected chi connectivity index (χ0v) is 13.8. The van der Waals surface area contributed by atoms with Crippen molar-refractivity contribution in [3.8, 4) is 0 Å². The number of carbonyl (C=O) groups excluding carboxylic acids is 1. The molecule has 0 aliphatic heterocycles. The van der Waals surface area contributed by atoms with Gasteiger partial charge in [0, 0.05) is 6.54 Å². The Kier molecular flexibility index (Phi) is 4.94. The fourth-order valence-corrected chi connectivity index (χ4v) is 3.73. The lowest BCUT2D eigenvalue weighted by Gasteiger charge is -2.33. The highest BCUT2D eigenvalue weighted by Crippen LogP contribution is 2.38. The molecule has 2 unspecified atom stereocenters. The maximum atomic E-state index is 12.0. The van der Waals surface area contributed by atoms with E-state index in [1.54, 1.807) is 0 Å². The van der Waals surface area contributed by atoms with Gasteiger partial charge in [-0.05, 0) is 45.6 Å². The van der Waals surface area contributed by atoms with Crippen molar-refractivity contribution < 1.29 is 4.79 Å². The zero-order valence-electron chi connectivity index (χ0n) is 13.1. The smallest absolute Gasteiger partial charge is 0.238 e. The summed E-state index contributed by atoms with van der Waals surface area (Å²) < 4.78 is 1.94. The van der Waals surface area contributed by atoms with Crippen molar-refractivity contribution in [2.75, 3.05) is 6.54 Å². The highest BCUT2D eigenvalue weighted by atomic mass is 35.5. The number of halogens is 1. The van der Waals surface area contributed by atoms with Crippen LogP contribution in [0.25, 0.3) is 0 Å². The molecule has 118 valence electrons. The van der Waals surface area contributed by atoms with E-state index < -0.39 is 5.54 Å². The number of likely N-dealkylation sites (N-methyl/N-ethyl adjacent to an activating group) is 1. The second-order valence-electron chi connectivity index (χ2n) is 5.95. The molecule has 2 atom stereocenters. The molecule has 1 amide bonds. The van der Waals surface area contributed by atoms with Gasteiger partial charge in [0.2, 0.25) is 5.91 Å². The van der Waals surface area contributed by atoms with Crippen molar-refractivity contribution in [3.05, 3.63) is 16.4 Å². The number of primary amides is 1. The molecule has 5 nitrogen and oxygen atoms in total. The number of nitrogens with one attached hydrogen (secondary N) is 1. The Morgan fingerprint density at radius 2 is 2.29 bits per heavy atom. The minimum absolute atomic E-state index is 0.224. The fraction of sp³-hybridized carbons (Fsp3) is 0.733. The van der Waals surface area contributed by atoms with E-state index in [0.29, 0.717) is 0 Å². The second kappa shape index (κ2) is 6.36. The zero-order chi connectivity index (χ0) is 15.6. The van der Waals surface area contributed by atoms with E-state index in [1.807, 2.05) is 25.5 Å². The first-order valence-electron chi connectivity index (χ1n) is 7.66. The van der Waals surface area contributed by atoms with Crippen molar-refractivity contribution in [3.63, 3.8) is 0 Å². The first kappa shape index (κ1) is 16.3. The fourth-order valence-electron chi connectivity index (χ4n) is 3.60. The predicted octanol–water partition coefficient (Wildman–Crippen LogP) is 2.18. The van der Waals surface area contributed by atoms with Gasteiger partial charge >= 0.3 is 0 Å². The van der Waals surface area contributed by atoms with Crippen molar-refractivity contribution in [1.82, 2.24) is 15.1 Å². The third kappa shape index (κ3) is 2.94. The molecule has 1 saturated carbocycles. The number of nitrogens with zero attached hydrogens (tertiary/aromatic N) is 2. The van der Waals surface area contributed by atoms with E-state index in [9.17, 15) is 4.79 Å². The third-order valence-corrected chi connectivity index (χ3v) is 5.28. The molecule has 0 radical (unpaired) electrons. The summed E-state index contributed by atoms with van der Waals surface area (Å²) in [6, 6.07) is 0. The van der Waals surface area contributed by atoms with Gasteiger partial charge in [-0.15, -0.1) is 0 Å². The van der Waals surface area contributed by atoms with Gasteiger partial charge in [0.25, 0.3) is 0 Å². The normalized spacial score (nSPS) is 25.4. The van der Waals surface area contributed by atoms with Crippen molar-refractivity contribution in [1.29, 1.82) is 0 Å². The Bertz CT molecular complexity index is 528. The first-order valence-corrected chi connectivity index (χ1v) is 8.04. The molecule has 1 fully saturated rings. The number of rotatable bonds is 6. The van der Waals surface area contributed by atoms with Crippen LogP contribution in [0, 0.1) is 19.8 Å². The molecule has 1 aromatic heterocycles. The molecule has 6 heteroatoms. The minimum atomic E-state index is -0.547. The van der Waals surface area contributed by atoms with Crippen LogP contribution in [0.1, 0.15) is 44.0 Å². The van der Waals surface area contributed by atoms with E-state index in [-0.39, 0.29) is 11.8 Å². The van der Waals surface area contributed by atoms with Gasteiger partial charge in [-0.25, -0.2) is 0 Å². The molecule has 0 spiro atoms. The quantitative estimate of drug-likeness (QED) is 0.845. The molecule has 1 heterocycles. The van der Waals surface area contributed by atoms with Crippen LogP contribution < -0.4 is 11.1 Å². The van der Waals surface area contributed by atoms with Crippen LogP contribution in [-0.2, 0) is 11.3 Å². The molecule has 0 bridgehead atoms. The summed E-state index contributed by atoms with van der Waals surface area (Å²) in [7, 11) is 0. The topological polar surface area (TPSA) is 72.9 Å². The number of aromatic nitrogens is 2. The number of hydrogen-bond donors (Lipinski definition) is 2. The summed E-state index contributed by atoms with van der Waals surface area (Å²) >= 11 is 6.18. The van der Waals surface area contributed by atoms with Crippen LogP contribution in [0.4, 0.5) is 0 Å². The number of nitrogens with two attached hydrogens (primary N) is 1. The molecule has 21 heavy (non-hydrogen) atoms. The van der Waals surface area contributed by atoms with Gasteiger partial charge in [-0.2, -0.15) is 5.10 Å². The predicted molar refractivity (Wildman–Crippen MR) is 84.3 cm³/mol. The van der Waals surface area contributed by atoms with Crippen LogP contribution in [0.5, 0.6) is 0 Å². The van der Waals surface area contributed by atoms with E-state index in [1.165, 1.54) is 0 Å². The summed E-state index contributed by atoms with van der Waals surface area (Å²) in [5.41, 5.74) is 6.99. The van der Waals surface area contributed by atoms with Crippen LogP contribution in [-0.4, -0.2) is 27.8 Å². The molecule has 3 N–H and O–H groups in total. The lowest BCUT2D eigenvalue weighted by atomic mass is 9.83. The van der Waals surface area contributed by atoms with Gasteiger partial charge in [0.15, 0.2) is 0 Å². The van der Waals surface area contributed by atoms with Crippen molar-refractivity contribution in [2.45, 2.75) is 58.5 Å². The van der Waals surface area contributed by atoms with Crippen LogP contribution in [0.2, 0.25) is 5.02 Å². The molecule has 0 aromatic carbocycles. The summed E-state index contributed by atoms with van der Waals surface area (Å²) in [6.45, 7) is 7.42.